The number of hydrogen-bond acceptors (Lipinski definition) is 4. The van der Waals surface area contributed by atoms with E-state index in [4.69, 9.17) is 21.9 Å². The Morgan fingerprint density at radius 2 is 1.75 bits per heavy atom. The highest BCUT2D eigenvalue weighted by Crippen LogP contribution is 1.92. The van der Waals surface area contributed by atoms with Gasteiger partial charge in [0, 0.05) is 7.11 Å². The van der Waals surface area contributed by atoms with Crippen LogP contribution in [0.5, 0.6) is 0 Å². The molecule has 4 heteroatoms. The molecular formula is C4H13N3O. The maximum Gasteiger partial charge on any atom is 0.142 e. The first-order valence-corrected chi connectivity index (χ1v) is 2.38. The van der Waals surface area contributed by atoms with Crippen LogP contribution in [0, 0.1) is 0 Å². The second-order valence-electron chi connectivity index (χ2n) is 1.88. The molecule has 50 valence electrons. The molecule has 1 unspecified atom stereocenters. The summed E-state index contributed by atoms with van der Waals surface area (Å²) in [6.07, 6.45) is -0.317. The average Bonchev–Trinajstić information content (AvgIpc) is 1.62. The molecule has 0 aliphatic heterocycles. The molecule has 1 atom stereocenters. The Labute approximate surface area is 49.0 Å². The molecule has 0 aromatic carbocycles. The van der Waals surface area contributed by atoms with Crippen LogP contribution in [0.4, 0.5) is 0 Å². The van der Waals surface area contributed by atoms with Crippen LogP contribution in [0.3, 0.4) is 0 Å². The van der Waals surface area contributed by atoms with Crippen molar-refractivity contribution in [2.45, 2.75) is 18.8 Å². The van der Waals surface area contributed by atoms with Crippen molar-refractivity contribution in [1.82, 2.24) is 0 Å². The summed E-state index contributed by atoms with van der Waals surface area (Å²) in [5.74, 6) is -1.21. The fraction of sp³-hybridized carbons (Fsp3) is 1.00. The van der Waals surface area contributed by atoms with Gasteiger partial charge in [-0.25, -0.2) is 0 Å². The summed E-state index contributed by atoms with van der Waals surface area (Å²) < 4.78 is 4.74. The zero-order valence-electron chi connectivity index (χ0n) is 5.22. The molecule has 0 aromatic rings. The monoisotopic (exact) mass is 119 g/mol. The molecule has 0 rings (SSSR count). The Morgan fingerprint density at radius 3 is 1.75 bits per heavy atom. The van der Waals surface area contributed by atoms with E-state index in [9.17, 15) is 0 Å². The average molecular weight is 119 g/mol. The lowest BCUT2D eigenvalue weighted by Crippen LogP contribution is -2.65. The zero-order chi connectivity index (χ0) is 6.78. The molecule has 0 saturated heterocycles. The quantitative estimate of drug-likeness (QED) is 0.388. The number of ether oxygens (including phenoxy) is 1. The van der Waals surface area contributed by atoms with E-state index in [2.05, 4.69) is 0 Å². The molecule has 0 bridgehead atoms. The van der Waals surface area contributed by atoms with Crippen molar-refractivity contribution in [3.05, 3.63) is 0 Å². The van der Waals surface area contributed by atoms with Gasteiger partial charge in [-0.3, -0.25) is 17.2 Å². The Morgan fingerprint density at radius 1 is 1.38 bits per heavy atom. The van der Waals surface area contributed by atoms with Crippen LogP contribution in [0.2, 0.25) is 0 Å². The summed E-state index contributed by atoms with van der Waals surface area (Å²) in [5, 5.41) is 0. The van der Waals surface area contributed by atoms with E-state index in [0.29, 0.717) is 0 Å². The molecule has 0 aromatic heterocycles. The van der Waals surface area contributed by atoms with Gasteiger partial charge >= 0.3 is 0 Å². The first kappa shape index (κ1) is 7.84. The minimum atomic E-state index is -1.21. The maximum absolute atomic E-state index is 5.22. The fourth-order valence-electron chi connectivity index (χ4n) is 0.204. The SMILES string of the molecule is COC(C)C(N)(N)N. The van der Waals surface area contributed by atoms with Gasteiger partial charge in [0.15, 0.2) is 0 Å². The van der Waals surface area contributed by atoms with Gasteiger partial charge in [-0.15, -0.1) is 0 Å². The van der Waals surface area contributed by atoms with Gasteiger partial charge in [-0.2, -0.15) is 0 Å². The first-order valence-electron chi connectivity index (χ1n) is 2.38. The second kappa shape index (κ2) is 2.41. The highest BCUT2D eigenvalue weighted by molar-refractivity contribution is 4.75. The van der Waals surface area contributed by atoms with Crippen molar-refractivity contribution in [1.29, 1.82) is 0 Å². The number of rotatable bonds is 2. The van der Waals surface area contributed by atoms with Crippen LogP contribution in [0.25, 0.3) is 0 Å². The molecule has 0 aliphatic rings. The molecule has 0 heterocycles. The van der Waals surface area contributed by atoms with E-state index in [1.165, 1.54) is 7.11 Å². The lowest BCUT2D eigenvalue weighted by atomic mass is 10.2. The first-order chi connectivity index (χ1) is 3.48. The lowest BCUT2D eigenvalue weighted by molar-refractivity contribution is 0.0540. The summed E-state index contributed by atoms with van der Waals surface area (Å²) >= 11 is 0. The van der Waals surface area contributed by atoms with Crippen LogP contribution in [0.15, 0.2) is 0 Å². The standard InChI is InChI=1S/C4H13N3O/c1-3(8-2)4(5,6)7/h3H,5-7H2,1-2H3. The summed E-state index contributed by atoms with van der Waals surface area (Å²) in [4.78, 5) is 0. The van der Waals surface area contributed by atoms with Crippen molar-refractivity contribution < 1.29 is 4.74 Å². The van der Waals surface area contributed by atoms with Gasteiger partial charge in [0.25, 0.3) is 0 Å². The largest absolute Gasteiger partial charge is 0.377 e. The Kier molecular flexibility index (Phi) is 2.36. The van der Waals surface area contributed by atoms with Crippen molar-refractivity contribution >= 4 is 0 Å². The van der Waals surface area contributed by atoms with Crippen molar-refractivity contribution in [3.8, 4) is 0 Å². The van der Waals surface area contributed by atoms with Crippen LogP contribution < -0.4 is 17.2 Å². The summed E-state index contributed by atoms with van der Waals surface area (Å²) in [7, 11) is 1.51. The summed E-state index contributed by atoms with van der Waals surface area (Å²) in [6, 6.07) is 0. The van der Waals surface area contributed by atoms with E-state index in [1.54, 1.807) is 6.92 Å². The van der Waals surface area contributed by atoms with E-state index >= 15 is 0 Å². The normalized spacial score (nSPS) is 16.1. The molecule has 6 N–H and O–H groups in total. The van der Waals surface area contributed by atoms with Crippen LogP contribution >= 0.6 is 0 Å². The van der Waals surface area contributed by atoms with Gasteiger partial charge in [-0.05, 0) is 6.92 Å². The second-order valence-corrected chi connectivity index (χ2v) is 1.88. The van der Waals surface area contributed by atoms with Gasteiger partial charge in [0.1, 0.15) is 5.79 Å². The van der Waals surface area contributed by atoms with Crippen LogP contribution in [0.1, 0.15) is 6.92 Å². The van der Waals surface area contributed by atoms with E-state index in [1.807, 2.05) is 0 Å². The molecule has 0 aliphatic carbocycles. The third kappa shape index (κ3) is 2.23. The van der Waals surface area contributed by atoms with E-state index in [0.717, 1.165) is 0 Å². The maximum atomic E-state index is 5.22. The lowest BCUT2D eigenvalue weighted by Gasteiger charge is -2.24. The third-order valence-corrected chi connectivity index (χ3v) is 1.06. The molecule has 0 amide bonds. The summed E-state index contributed by atoms with van der Waals surface area (Å²) in [5.41, 5.74) is 15.7. The smallest absolute Gasteiger partial charge is 0.142 e. The van der Waals surface area contributed by atoms with Crippen LogP contribution in [-0.2, 0) is 4.74 Å². The minimum Gasteiger partial charge on any atom is -0.377 e. The third-order valence-electron chi connectivity index (χ3n) is 1.06. The fourth-order valence-corrected chi connectivity index (χ4v) is 0.204. The van der Waals surface area contributed by atoms with Crippen LogP contribution in [-0.4, -0.2) is 19.0 Å². The van der Waals surface area contributed by atoms with Gasteiger partial charge in [0.2, 0.25) is 0 Å². The highest BCUT2D eigenvalue weighted by atomic mass is 16.5. The number of nitrogens with two attached hydrogens (primary N) is 3. The Bertz CT molecular complexity index is 68.2. The minimum absolute atomic E-state index is 0.317. The van der Waals surface area contributed by atoms with E-state index in [-0.39, 0.29) is 6.10 Å². The predicted octanol–water partition coefficient (Wildman–Crippen LogP) is -1.45. The van der Waals surface area contributed by atoms with Crippen molar-refractivity contribution in [2.24, 2.45) is 17.2 Å². The molecular weight excluding hydrogens is 106 g/mol. The number of hydrogen-bond donors (Lipinski definition) is 3. The molecule has 0 spiro atoms. The Hall–Kier alpha value is -0.160. The van der Waals surface area contributed by atoms with Crippen molar-refractivity contribution in [2.75, 3.05) is 7.11 Å². The molecule has 8 heavy (non-hydrogen) atoms. The van der Waals surface area contributed by atoms with E-state index < -0.39 is 5.79 Å². The molecule has 0 radical (unpaired) electrons. The van der Waals surface area contributed by atoms with Gasteiger partial charge in [-0.1, -0.05) is 0 Å². The predicted molar refractivity (Wildman–Crippen MR) is 31.8 cm³/mol. The Balaban J connectivity index is 3.62. The zero-order valence-corrected chi connectivity index (χ0v) is 5.22. The molecule has 0 saturated carbocycles. The van der Waals surface area contributed by atoms with Gasteiger partial charge < -0.3 is 4.74 Å². The highest BCUT2D eigenvalue weighted by Gasteiger charge is 2.20. The number of methoxy groups -OCH3 is 1. The topological polar surface area (TPSA) is 87.3 Å². The van der Waals surface area contributed by atoms with Crippen molar-refractivity contribution in [3.63, 3.8) is 0 Å². The summed E-state index contributed by atoms with van der Waals surface area (Å²) in [6.45, 7) is 1.71. The molecule has 0 fully saturated rings. The van der Waals surface area contributed by atoms with Gasteiger partial charge in [0.05, 0.1) is 6.10 Å². The molecule has 4 nitrogen and oxygen atoms in total.